The average Bonchev–Trinajstić information content (AvgIpc) is 3.04. The van der Waals surface area contributed by atoms with Gasteiger partial charge in [-0.15, -0.1) is 0 Å². The molecule has 1 aromatic carbocycles. The van der Waals surface area contributed by atoms with Crippen LogP contribution in [0.25, 0.3) is 0 Å². The molecule has 21 heavy (non-hydrogen) atoms. The van der Waals surface area contributed by atoms with Crippen molar-refractivity contribution in [3.63, 3.8) is 0 Å². The Bertz CT molecular complexity index is 536. The number of hydrogen-bond acceptors (Lipinski definition) is 1. The summed E-state index contributed by atoms with van der Waals surface area (Å²) in [4.78, 5) is 11.1. The number of nitrogens with one attached hydrogen (secondary N) is 1. The number of amides is 1. The molecule has 0 heterocycles. The first-order valence-corrected chi connectivity index (χ1v) is 6.10. The van der Waals surface area contributed by atoms with Crippen molar-refractivity contribution in [1.29, 1.82) is 0 Å². The van der Waals surface area contributed by atoms with Gasteiger partial charge in [0, 0.05) is 12.0 Å². The lowest BCUT2D eigenvalue weighted by Gasteiger charge is -2.13. The molecule has 1 amide bonds. The fraction of sp³-hybridized carbons (Fsp3) is 0.462. The molecule has 2 atom stereocenters. The highest BCUT2D eigenvalue weighted by Crippen LogP contribution is 2.46. The van der Waals surface area contributed by atoms with E-state index in [1.54, 1.807) is 0 Å². The number of rotatable bonds is 3. The molecule has 1 saturated carbocycles. The minimum Gasteiger partial charge on any atom is -0.352 e. The Labute approximate surface area is 116 Å². The zero-order valence-corrected chi connectivity index (χ0v) is 10.6. The molecule has 0 aliphatic heterocycles. The minimum atomic E-state index is -4.63. The third-order valence-electron chi connectivity index (χ3n) is 3.16. The topological polar surface area (TPSA) is 29.1 Å². The molecule has 1 aromatic rings. The molecule has 1 aliphatic carbocycles. The van der Waals surface area contributed by atoms with Crippen molar-refractivity contribution < 1.29 is 31.1 Å². The molecule has 0 spiro atoms. The van der Waals surface area contributed by atoms with Crippen molar-refractivity contribution in [3.05, 3.63) is 35.4 Å². The van der Waals surface area contributed by atoms with Gasteiger partial charge in [-0.3, -0.25) is 4.79 Å². The fourth-order valence-corrected chi connectivity index (χ4v) is 2.22. The molecule has 0 bridgehead atoms. The first kappa shape index (κ1) is 15.7. The van der Waals surface area contributed by atoms with E-state index in [0.717, 1.165) is 6.07 Å². The van der Waals surface area contributed by atoms with Crippen molar-refractivity contribution in [2.24, 2.45) is 0 Å². The van der Waals surface area contributed by atoms with Gasteiger partial charge >= 0.3 is 12.4 Å². The summed E-state index contributed by atoms with van der Waals surface area (Å²) in [5.74, 6) is -1.82. The maximum Gasteiger partial charge on any atom is 0.416 e. The summed E-state index contributed by atoms with van der Waals surface area (Å²) < 4.78 is 74.5. The van der Waals surface area contributed by atoms with E-state index in [-0.39, 0.29) is 12.0 Å². The second-order valence-electron chi connectivity index (χ2n) is 4.89. The molecular weight excluding hydrogens is 300 g/mol. The van der Waals surface area contributed by atoms with Gasteiger partial charge in [0.1, 0.15) is 6.42 Å². The summed E-state index contributed by atoms with van der Waals surface area (Å²) in [5, 5.41) is 2.11. The zero-order chi connectivity index (χ0) is 15.8. The molecule has 8 heteroatoms. The molecule has 0 radical (unpaired) electrons. The molecule has 2 nitrogen and oxygen atoms in total. The van der Waals surface area contributed by atoms with Gasteiger partial charge in [0.15, 0.2) is 0 Å². The Morgan fingerprint density at radius 1 is 1.14 bits per heavy atom. The van der Waals surface area contributed by atoms with Gasteiger partial charge in [-0.05, 0) is 18.1 Å². The van der Waals surface area contributed by atoms with E-state index >= 15 is 0 Å². The Morgan fingerprint density at radius 3 is 2.33 bits per heavy atom. The predicted molar refractivity (Wildman–Crippen MR) is 61.4 cm³/mol. The van der Waals surface area contributed by atoms with Crippen LogP contribution in [0.3, 0.4) is 0 Å². The number of benzene rings is 1. The Morgan fingerprint density at radius 2 is 1.76 bits per heavy atom. The van der Waals surface area contributed by atoms with E-state index < -0.39 is 42.2 Å². The molecule has 0 aromatic heterocycles. The number of carbonyl (C=O) groups is 1. The van der Waals surface area contributed by atoms with E-state index in [4.69, 9.17) is 0 Å². The van der Waals surface area contributed by atoms with Crippen molar-refractivity contribution in [3.8, 4) is 0 Å². The van der Waals surface area contributed by atoms with Crippen LogP contribution in [0.15, 0.2) is 24.3 Å². The van der Waals surface area contributed by atoms with Crippen molar-refractivity contribution in [2.75, 3.05) is 0 Å². The van der Waals surface area contributed by atoms with Gasteiger partial charge in [0.05, 0.1) is 5.56 Å². The summed E-state index contributed by atoms with van der Waals surface area (Å²) in [6.45, 7) is 0. The van der Waals surface area contributed by atoms with Crippen molar-refractivity contribution >= 4 is 5.91 Å². The van der Waals surface area contributed by atoms with Crippen LogP contribution in [0.4, 0.5) is 26.3 Å². The van der Waals surface area contributed by atoms with E-state index in [1.807, 2.05) is 0 Å². The summed E-state index contributed by atoms with van der Waals surface area (Å²) in [6.07, 6.45) is -10.6. The molecule has 0 saturated heterocycles. The van der Waals surface area contributed by atoms with Crippen LogP contribution in [0.2, 0.25) is 0 Å². The number of carbonyl (C=O) groups excluding carboxylic acids is 1. The van der Waals surface area contributed by atoms with Gasteiger partial charge in [-0.25, -0.2) is 0 Å². The van der Waals surface area contributed by atoms with Gasteiger partial charge in [-0.2, -0.15) is 26.3 Å². The number of halogens is 6. The smallest absolute Gasteiger partial charge is 0.352 e. The highest BCUT2D eigenvalue weighted by molar-refractivity contribution is 5.77. The second-order valence-corrected chi connectivity index (χ2v) is 4.89. The fourth-order valence-electron chi connectivity index (χ4n) is 2.22. The molecule has 2 rings (SSSR count). The Hall–Kier alpha value is -1.73. The molecule has 1 fully saturated rings. The summed E-state index contributed by atoms with van der Waals surface area (Å²) in [6, 6.07) is 4.19. The first-order chi connectivity index (χ1) is 9.58. The van der Waals surface area contributed by atoms with Gasteiger partial charge in [0.25, 0.3) is 0 Å². The quantitative estimate of drug-likeness (QED) is 0.849. The van der Waals surface area contributed by atoms with E-state index in [2.05, 4.69) is 5.32 Å². The highest BCUT2D eigenvalue weighted by atomic mass is 19.4. The van der Waals surface area contributed by atoms with E-state index in [9.17, 15) is 31.1 Å². The monoisotopic (exact) mass is 311 g/mol. The molecule has 116 valence electrons. The minimum absolute atomic E-state index is 0.00214. The van der Waals surface area contributed by atoms with Gasteiger partial charge in [0.2, 0.25) is 5.91 Å². The van der Waals surface area contributed by atoms with E-state index in [1.165, 1.54) is 18.2 Å². The number of hydrogen-bond donors (Lipinski definition) is 1. The average molecular weight is 311 g/mol. The van der Waals surface area contributed by atoms with Crippen molar-refractivity contribution in [1.82, 2.24) is 5.32 Å². The third-order valence-corrected chi connectivity index (χ3v) is 3.16. The standard InChI is InChI=1S/C13H11F6NO/c14-12(15,16)6-11(21)20-10-5-8(10)7-3-1-2-4-9(7)13(17,18)19/h1-4,8,10H,5-6H2,(H,20,21). The summed E-state index contributed by atoms with van der Waals surface area (Å²) in [7, 11) is 0. The Kier molecular flexibility index (Phi) is 3.90. The maximum atomic E-state index is 12.8. The normalized spacial score (nSPS) is 22.0. The van der Waals surface area contributed by atoms with Crippen molar-refractivity contribution in [2.45, 2.75) is 37.2 Å². The van der Waals surface area contributed by atoms with E-state index in [0.29, 0.717) is 0 Å². The van der Waals surface area contributed by atoms with Crippen LogP contribution in [0.1, 0.15) is 29.9 Å². The van der Waals surface area contributed by atoms with Crippen LogP contribution < -0.4 is 5.32 Å². The lowest BCUT2D eigenvalue weighted by atomic mass is 10.0. The van der Waals surface area contributed by atoms with Crippen LogP contribution in [0, 0.1) is 0 Å². The van der Waals surface area contributed by atoms with Crippen LogP contribution in [-0.4, -0.2) is 18.1 Å². The third kappa shape index (κ3) is 4.12. The zero-order valence-electron chi connectivity index (χ0n) is 10.6. The summed E-state index contributed by atoms with van der Waals surface area (Å²) >= 11 is 0. The first-order valence-electron chi connectivity index (χ1n) is 6.10. The number of alkyl halides is 6. The van der Waals surface area contributed by atoms with Crippen LogP contribution >= 0.6 is 0 Å². The van der Waals surface area contributed by atoms with Gasteiger partial charge < -0.3 is 5.32 Å². The molecule has 1 aliphatic rings. The highest BCUT2D eigenvalue weighted by Gasteiger charge is 2.45. The molecule has 1 N–H and O–H groups in total. The largest absolute Gasteiger partial charge is 0.416 e. The maximum absolute atomic E-state index is 12.8. The molecular formula is C13H11F6NO. The lowest BCUT2D eigenvalue weighted by molar-refractivity contribution is -0.153. The van der Waals surface area contributed by atoms with Crippen LogP contribution in [0.5, 0.6) is 0 Å². The predicted octanol–water partition coefficient (Wildman–Crippen LogP) is 3.63. The second kappa shape index (κ2) is 5.23. The Balaban J connectivity index is 2.03. The molecule has 2 unspecified atom stereocenters. The van der Waals surface area contributed by atoms with Crippen LogP contribution in [-0.2, 0) is 11.0 Å². The summed E-state index contributed by atoms with van der Waals surface area (Å²) in [5.41, 5.74) is -0.815. The lowest BCUT2D eigenvalue weighted by Crippen LogP contribution is -2.31. The van der Waals surface area contributed by atoms with Gasteiger partial charge in [-0.1, -0.05) is 18.2 Å². The SMILES string of the molecule is O=C(CC(F)(F)F)NC1CC1c1ccccc1C(F)(F)F.